The van der Waals surface area contributed by atoms with Crippen molar-refractivity contribution < 1.29 is 8.78 Å². The van der Waals surface area contributed by atoms with E-state index in [0.717, 1.165) is 36.2 Å². The zero-order valence-electron chi connectivity index (χ0n) is 17.9. The first-order valence-electron chi connectivity index (χ1n) is 11.7. The minimum Gasteiger partial charge on any atom is -0.205 e. The fraction of sp³-hybridized carbons (Fsp3) is 0.556. The van der Waals surface area contributed by atoms with Gasteiger partial charge in [0.15, 0.2) is 0 Å². The maximum absolute atomic E-state index is 13.8. The maximum atomic E-state index is 13.8. The molecule has 0 bridgehead atoms. The molecule has 0 aliphatic heterocycles. The van der Waals surface area contributed by atoms with E-state index in [9.17, 15) is 8.78 Å². The van der Waals surface area contributed by atoms with Gasteiger partial charge < -0.3 is 0 Å². The molecule has 2 saturated carbocycles. The van der Waals surface area contributed by atoms with E-state index >= 15 is 0 Å². The van der Waals surface area contributed by atoms with Crippen molar-refractivity contribution in [1.29, 1.82) is 0 Å². The Hall–Kier alpha value is -1.41. The van der Waals surface area contributed by atoms with E-state index in [1.54, 1.807) is 0 Å². The van der Waals surface area contributed by atoms with Crippen molar-refractivity contribution in [1.82, 2.24) is 0 Å². The molecule has 0 amide bonds. The summed E-state index contributed by atoms with van der Waals surface area (Å²) < 4.78 is 27.7. The Balaban J connectivity index is 1.25. The summed E-state index contributed by atoms with van der Waals surface area (Å²) in [5, 5.41) is -0.384. The highest BCUT2D eigenvalue weighted by Gasteiger charge is 2.32. The van der Waals surface area contributed by atoms with E-state index in [1.165, 1.54) is 62.6 Å². The second-order valence-electron chi connectivity index (χ2n) is 9.74. The molecule has 0 nitrogen and oxygen atoms in total. The van der Waals surface area contributed by atoms with Gasteiger partial charge in [-0.15, -0.1) is 0 Å². The topological polar surface area (TPSA) is 0 Å². The number of benzene rings is 2. The third kappa shape index (κ3) is 5.07. The summed E-state index contributed by atoms with van der Waals surface area (Å²) in [7, 11) is 0. The van der Waals surface area contributed by atoms with Crippen LogP contribution in [0.2, 0.25) is 5.02 Å². The van der Waals surface area contributed by atoms with Crippen LogP contribution in [0.1, 0.15) is 87.7 Å². The SMILES string of the molecule is C[C@H](CC1CCC(C2CCC(c3cc(F)c(Cl)c(F)c3)CC2)CC1)c1ccccc1. The Morgan fingerprint density at radius 3 is 1.93 bits per heavy atom. The van der Waals surface area contributed by atoms with Crippen LogP contribution >= 0.6 is 11.6 Å². The molecule has 4 rings (SSSR count). The van der Waals surface area contributed by atoms with Gasteiger partial charge in [0.2, 0.25) is 0 Å². The van der Waals surface area contributed by atoms with Crippen LogP contribution in [0.15, 0.2) is 42.5 Å². The summed E-state index contributed by atoms with van der Waals surface area (Å²) in [6, 6.07) is 13.8. The third-order valence-corrected chi connectivity index (χ3v) is 8.22. The van der Waals surface area contributed by atoms with Gasteiger partial charge in [-0.25, -0.2) is 8.78 Å². The van der Waals surface area contributed by atoms with E-state index < -0.39 is 11.6 Å². The molecule has 0 aromatic heterocycles. The molecule has 0 saturated heterocycles. The van der Waals surface area contributed by atoms with Crippen LogP contribution in [0.4, 0.5) is 8.78 Å². The summed E-state index contributed by atoms with van der Waals surface area (Å²) >= 11 is 5.64. The minimum absolute atomic E-state index is 0.269. The monoisotopic (exact) mass is 430 g/mol. The van der Waals surface area contributed by atoms with E-state index in [0.29, 0.717) is 5.92 Å². The van der Waals surface area contributed by atoms with E-state index in [4.69, 9.17) is 11.6 Å². The Morgan fingerprint density at radius 2 is 1.37 bits per heavy atom. The van der Waals surface area contributed by atoms with Gasteiger partial charge in [0.1, 0.15) is 16.7 Å². The molecule has 2 aliphatic rings. The van der Waals surface area contributed by atoms with Crippen LogP contribution in [0.3, 0.4) is 0 Å². The summed E-state index contributed by atoms with van der Waals surface area (Å²) in [4.78, 5) is 0. The van der Waals surface area contributed by atoms with Crippen LogP contribution in [0.5, 0.6) is 0 Å². The third-order valence-electron chi connectivity index (χ3n) is 7.86. The Bertz CT molecular complexity index is 795. The van der Waals surface area contributed by atoms with Gasteiger partial charge in [-0.05, 0) is 97.8 Å². The number of halogens is 3. The predicted octanol–water partition coefficient (Wildman–Crippen LogP) is 8.89. The Morgan fingerprint density at radius 1 is 0.833 bits per heavy atom. The van der Waals surface area contributed by atoms with Crippen LogP contribution in [-0.4, -0.2) is 0 Å². The van der Waals surface area contributed by atoms with Gasteiger partial charge in [0.05, 0.1) is 0 Å². The molecule has 2 aliphatic carbocycles. The fourth-order valence-electron chi connectivity index (χ4n) is 6.05. The lowest BCUT2D eigenvalue weighted by atomic mass is 9.67. The molecular formula is C27H33ClF2. The molecule has 2 aromatic carbocycles. The average molecular weight is 431 g/mol. The first-order chi connectivity index (χ1) is 14.5. The molecule has 0 heterocycles. The first-order valence-corrected chi connectivity index (χ1v) is 12.1. The normalized spacial score (nSPS) is 28.3. The fourth-order valence-corrected chi connectivity index (χ4v) is 6.16. The van der Waals surface area contributed by atoms with E-state index in [2.05, 4.69) is 37.3 Å². The maximum Gasteiger partial charge on any atom is 0.145 e. The molecule has 0 unspecified atom stereocenters. The smallest absolute Gasteiger partial charge is 0.145 e. The van der Waals surface area contributed by atoms with E-state index in [-0.39, 0.29) is 10.9 Å². The number of hydrogen-bond donors (Lipinski definition) is 0. The van der Waals surface area contributed by atoms with Crippen LogP contribution < -0.4 is 0 Å². The van der Waals surface area contributed by atoms with Crippen molar-refractivity contribution >= 4 is 11.6 Å². The lowest BCUT2D eigenvalue weighted by Gasteiger charge is -2.38. The molecule has 2 aromatic rings. The molecule has 30 heavy (non-hydrogen) atoms. The van der Waals surface area contributed by atoms with Gasteiger partial charge in [-0.2, -0.15) is 0 Å². The number of rotatable bonds is 5. The van der Waals surface area contributed by atoms with Crippen molar-refractivity contribution in [2.45, 2.75) is 76.5 Å². The lowest BCUT2D eigenvalue weighted by Crippen LogP contribution is -2.26. The van der Waals surface area contributed by atoms with Crippen molar-refractivity contribution in [3.63, 3.8) is 0 Å². The largest absolute Gasteiger partial charge is 0.205 e. The van der Waals surface area contributed by atoms with Crippen LogP contribution in [-0.2, 0) is 0 Å². The highest BCUT2D eigenvalue weighted by molar-refractivity contribution is 6.30. The zero-order chi connectivity index (χ0) is 21.1. The lowest BCUT2D eigenvalue weighted by molar-refractivity contribution is 0.154. The van der Waals surface area contributed by atoms with Gasteiger partial charge in [-0.1, -0.05) is 61.7 Å². The average Bonchev–Trinajstić information content (AvgIpc) is 2.78. The molecule has 162 valence electrons. The second-order valence-corrected chi connectivity index (χ2v) is 10.1. The summed E-state index contributed by atoms with van der Waals surface area (Å²) in [5.41, 5.74) is 2.25. The second kappa shape index (κ2) is 9.81. The molecule has 0 radical (unpaired) electrons. The zero-order valence-corrected chi connectivity index (χ0v) is 18.7. The summed E-state index contributed by atoms with van der Waals surface area (Å²) in [5.74, 6) is 2.14. The standard InChI is InChI=1S/C27H33ClF2/c1-18(20-5-3-2-4-6-20)15-19-7-9-21(10-8-19)22-11-13-23(14-12-22)24-16-25(29)27(28)26(30)17-24/h2-6,16-19,21-23H,7-15H2,1H3/t18-,19?,21?,22?,23?/m1/s1. The van der Waals surface area contributed by atoms with Gasteiger partial charge in [0.25, 0.3) is 0 Å². The molecule has 2 fully saturated rings. The molecule has 0 N–H and O–H groups in total. The highest BCUT2D eigenvalue weighted by atomic mass is 35.5. The molecule has 0 spiro atoms. The molecule has 1 atom stereocenters. The Labute approximate surface area is 185 Å². The van der Waals surface area contributed by atoms with Crippen molar-refractivity contribution in [3.8, 4) is 0 Å². The summed E-state index contributed by atoms with van der Waals surface area (Å²) in [6.07, 6.45) is 11.2. The summed E-state index contributed by atoms with van der Waals surface area (Å²) in [6.45, 7) is 2.37. The minimum atomic E-state index is -0.628. The van der Waals surface area contributed by atoms with Crippen LogP contribution in [0, 0.1) is 29.4 Å². The molecule has 3 heteroatoms. The van der Waals surface area contributed by atoms with Crippen LogP contribution in [0.25, 0.3) is 0 Å². The quantitative estimate of drug-likeness (QED) is 0.415. The molecular weight excluding hydrogens is 398 g/mol. The van der Waals surface area contributed by atoms with Gasteiger partial charge >= 0.3 is 0 Å². The van der Waals surface area contributed by atoms with Gasteiger partial charge in [-0.3, -0.25) is 0 Å². The predicted molar refractivity (Wildman–Crippen MR) is 121 cm³/mol. The highest BCUT2D eigenvalue weighted by Crippen LogP contribution is 2.45. The van der Waals surface area contributed by atoms with Crippen molar-refractivity contribution in [2.75, 3.05) is 0 Å². The first kappa shape index (κ1) is 21.8. The number of hydrogen-bond acceptors (Lipinski definition) is 0. The van der Waals surface area contributed by atoms with Crippen molar-refractivity contribution in [3.05, 3.63) is 70.2 Å². The van der Waals surface area contributed by atoms with Crippen molar-refractivity contribution in [2.24, 2.45) is 17.8 Å². The Kier molecular flexibility index (Phi) is 7.13. The van der Waals surface area contributed by atoms with E-state index in [1.807, 2.05) is 0 Å². The van der Waals surface area contributed by atoms with Gasteiger partial charge in [0, 0.05) is 0 Å².